The Hall–Kier alpha value is -1.02. The van der Waals surface area contributed by atoms with Gasteiger partial charge in [0, 0.05) is 26.7 Å². The number of guanidine groups is 1. The van der Waals surface area contributed by atoms with Gasteiger partial charge in [-0.15, -0.1) is 24.0 Å². The monoisotopic (exact) mass is 475 g/mol. The molecular formula is C20H34IN3O2. The van der Waals surface area contributed by atoms with Crippen molar-refractivity contribution >= 4 is 29.9 Å². The van der Waals surface area contributed by atoms with Crippen molar-refractivity contribution in [3.8, 4) is 5.75 Å². The van der Waals surface area contributed by atoms with Gasteiger partial charge in [-0.1, -0.05) is 30.5 Å². The van der Waals surface area contributed by atoms with Crippen molar-refractivity contribution in [2.45, 2.75) is 51.6 Å². The van der Waals surface area contributed by atoms with Crippen LogP contribution in [0.1, 0.15) is 43.2 Å². The summed E-state index contributed by atoms with van der Waals surface area (Å²) >= 11 is 0. The Morgan fingerprint density at radius 1 is 1.19 bits per heavy atom. The highest BCUT2D eigenvalue weighted by atomic mass is 127. The Bertz CT molecular complexity index is 546. The number of hydrogen-bond acceptors (Lipinski definition) is 3. The SMILES string of the molecule is CN=C(NCCCOC1CCCC1)NCCc1cc(C)ccc1OC.I. The minimum Gasteiger partial charge on any atom is -0.496 e. The number of hydrogen-bond donors (Lipinski definition) is 2. The van der Waals surface area contributed by atoms with Gasteiger partial charge >= 0.3 is 0 Å². The normalized spacial score (nSPS) is 14.8. The highest BCUT2D eigenvalue weighted by Crippen LogP contribution is 2.21. The van der Waals surface area contributed by atoms with Gasteiger partial charge in [0.05, 0.1) is 13.2 Å². The molecule has 1 aromatic carbocycles. The molecule has 1 aliphatic rings. The largest absolute Gasteiger partial charge is 0.496 e. The number of benzene rings is 1. The zero-order valence-electron chi connectivity index (χ0n) is 16.3. The number of ether oxygens (including phenoxy) is 2. The lowest BCUT2D eigenvalue weighted by atomic mass is 10.1. The topological polar surface area (TPSA) is 54.9 Å². The fourth-order valence-electron chi connectivity index (χ4n) is 3.22. The van der Waals surface area contributed by atoms with E-state index in [4.69, 9.17) is 9.47 Å². The summed E-state index contributed by atoms with van der Waals surface area (Å²) in [5.41, 5.74) is 2.47. The van der Waals surface area contributed by atoms with E-state index >= 15 is 0 Å². The molecule has 0 unspecified atom stereocenters. The van der Waals surface area contributed by atoms with E-state index in [1.54, 1.807) is 14.2 Å². The lowest BCUT2D eigenvalue weighted by molar-refractivity contribution is 0.0574. The lowest BCUT2D eigenvalue weighted by Crippen LogP contribution is -2.39. The van der Waals surface area contributed by atoms with E-state index in [9.17, 15) is 0 Å². The summed E-state index contributed by atoms with van der Waals surface area (Å²) in [7, 11) is 3.52. The Labute approximate surface area is 175 Å². The van der Waals surface area contributed by atoms with Crippen molar-refractivity contribution in [2.24, 2.45) is 4.99 Å². The number of methoxy groups -OCH3 is 1. The third-order valence-corrected chi connectivity index (χ3v) is 4.62. The molecule has 6 heteroatoms. The van der Waals surface area contributed by atoms with Crippen LogP contribution in [0.3, 0.4) is 0 Å². The highest BCUT2D eigenvalue weighted by Gasteiger charge is 2.14. The summed E-state index contributed by atoms with van der Waals surface area (Å²) in [6.45, 7) is 4.62. The maximum Gasteiger partial charge on any atom is 0.190 e. The molecule has 0 heterocycles. The average molecular weight is 475 g/mol. The van der Waals surface area contributed by atoms with Gasteiger partial charge in [0.15, 0.2) is 5.96 Å². The summed E-state index contributed by atoms with van der Waals surface area (Å²) in [5.74, 6) is 1.78. The van der Waals surface area contributed by atoms with E-state index in [0.29, 0.717) is 6.10 Å². The molecule has 1 aliphatic carbocycles. The van der Waals surface area contributed by atoms with Crippen LogP contribution >= 0.6 is 24.0 Å². The van der Waals surface area contributed by atoms with Crippen molar-refractivity contribution in [3.05, 3.63) is 29.3 Å². The smallest absolute Gasteiger partial charge is 0.190 e. The molecule has 0 saturated heterocycles. The molecule has 0 spiro atoms. The molecule has 0 atom stereocenters. The highest BCUT2D eigenvalue weighted by molar-refractivity contribution is 14.0. The molecule has 5 nitrogen and oxygen atoms in total. The van der Waals surface area contributed by atoms with Crippen molar-refractivity contribution in [1.29, 1.82) is 0 Å². The van der Waals surface area contributed by atoms with Crippen LogP contribution in [0.2, 0.25) is 0 Å². The van der Waals surface area contributed by atoms with Gasteiger partial charge in [0.1, 0.15) is 5.75 Å². The minimum absolute atomic E-state index is 0. The van der Waals surface area contributed by atoms with E-state index < -0.39 is 0 Å². The molecule has 1 fully saturated rings. The molecule has 2 rings (SSSR count). The van der Waals surface area contributed by atoms with Crippen LogP contribution in [0.4, 0.5) is 0 Å². The second kappa shape index (κ2) is 13.2. The fourth-order valence-corrected chi connectivity index (χ4v) is 3.22. The maximum atomic E-state index is 5.88. The van der Waals surface area contributed by atoms with Crippen LogP contribution in [0.15, 0.2) is 23.2 Å². The zero-order valence-corrected chi connectivity index (χ0v) is 18.7. The van der Waals surface area contributed by atoms with Gasteiger partial charge in [-0.2, -0.15) is 0 Å². The van der Waals surface area contributed by atoms with E-state index in [-0.39, 0.29) is 24.0 Å². The first kappa shape index (κ1) is 23.0. The number of nitrogens with one attached hydrogen (secondary N) is 2. The van der Waals surface area contributed by atoms with Crippen molar-refractivity contribution < 1.29 is 9.47 Å². The summed E-state index contributed by atoms with van der Waals surface area (Å²) in [6.07, 6.45) is 7.52. The molecule has 1 aromatic rings. The quantitative estimate of drug-likeness (QED) is 0.248. The first-order valence-electron chi connectivity index (χ1n) is 9.42. The number of halogens is 1. The third kappa shape index (κ3) is 8.12. The van der Waals surface area contributed by atoms with Gasteiger partial charge in [-0.25, -0.2) is 0 Å². The van der Waals surface area contributed by atoms with Gasteiger partial charge < -0.3 is 20.1 Å². The Balaban J connectivity index is 0.00000338. The third-order valence-electron chi connectivity index (χ3n) is 4.62. The Kier molecular flexibility index (Phi) is 11.7. The summed E-state index contributed by atoms with van der Waals surface area (Å²) in [5, 5.41) is 6.71. The second-order valence-corrected chi connectivity index (χ2v) is 6.62. The van der Waals surface area contributed by atoms with Crippen LogP contribution in [0.25, 0.3) is 0 Å². The standard InChI is InChI=1S/C20H33N3O2.HI/c1-16-9-10-19(24-3)17(15-16)11-13-23-20(21-2)22-12-6-14-25-18-7-4-5-8-18;/h9-10,15,18H,4-8,11-14H2,1-3H3,(H2,21,22,23);1H. The van der Waals surface area contributed by atoms with Crippen LogP contribution in [-0.4, -0.2) is 45.9 Å². The van der Waals surface area contributed by atoms with Crippen LogP contribution in [0.5, 0.6) is 5.75 Å². The van der Waals surface area contributed by atoms with E-state index in [1.165, 1.54) is 36.8 Å². The summed E-state index contributed by atoms with van der Waals surface area (Å²) < 4.78 is 11.3. The molecule has 0 aromatic heterocycles. The Morgan fingerprint density at radius 3 is 2.62 bits per heavy atom. The molecule has 26 heavy (non-hydrogen) atoms. The first-order chi connectivity index (χ1) is 12.2. The molecule has 2 N–H and O–H groups in total. The first-order valence-corrected chi connectivity index (χ1v) is 9.42. The van der Waals surface area contributed by atoms with Crippen LogP contribution < -0.4 is 15.4 Å². The van der Waals surface area contributed by atoms with E-state index in [2.05, 4.69) is 34.7 Å². The van der Waals surface area contributed by atoms with Gasteiger partial charge in [0.2, 0.25) is 0 Å². The molecular weight excluding hydrogens is 441 g/mol. The number of nitrogens with zero attached hydrogens (tertiary/aromatic N) is 1. The van der Waals surface area contributed by atoms with Crippen molar-refractivity contribution in [2.75, 3.05) is 33.9 Å². The number of aryl methyl sites for hydroxylation is 1. The Morgan fingerprint density at radius 2 is 1.92 bits per heavy atom. The molecule has 1 saturated carbocycles. The predicted molar refractivity (Wildman–Crippen MR) is 119 cm³/mol. The van der Waals surface area contributed by atoms with E-state index in [1.807, 2.05) is 6.07 Å². The minimum atomic E-state index is 0. The number of aliphatic imine (C=N–C) groups is 1. The van der Waals surface area contributed by atoms with Gasteiger partial charge in [0.25, 0.3) is 0 Å². The number of rotatable bonds is 9. The molecule has 148 valence electrons. The zero-order chi connectivity index (χ0) is 17.9. The fraction of sp³-hybridized carbons (Fsp3) is 0.650. The molecule has 0 amide bonds. The summed E-state index contributed by atoms with van der Waals surface area (Å²) in [6, 6.07) is 6.28. The summed E-state index contributed by atoms with van der Waals surface area (Å²) in [4.78, 5) is 4.28. The molecule has 0 radical (unpaired) electrons. The molecule has 0 aliphatic heterocycles. The second-order valence-electron chi connectivity index (χ2n) is 6.62. The maximum absolute atomic E-state index is 5.88. The molecule has 0 bridgehead atoms. The van der Waals surface area contributed by atoms with Crippen LogP contribution in [0, 0.1) is 6.92 Å². The van der Waals surface area contributed by atoms with Crippen molar-refractivity contribution in [1.82, 2.24) is 10.6 Å². The van der Waals surface area contributed by atoms with Gasteiger partial charge in [-0.3, -0.25) is 4.99 Å². The lowest BCUT2D eigenvalue weighted by Gasteiger charge is -2.14. The van der Waals surface area contributed by atoms with Gasteiger partial charge in [-0.05, 0) is 44.2 Å². The average Bonchev–Trinajstić information content (AvgIpc) is 3.13. The van der Waals surface area contributed by atoms with E-state index in [0.717, 1.165) is 44.2 Å². The van der Waals surface area contributed by atoms with Crippen molar-refractivity contribution in [3.63, 3.8) is 0 Å². The predicted octanol–water partition coefficient (Wildman–Crippen LogP) is 3.68. The van der Waals surface area contributed by atoms with Crippen LogP contribution in [-0.2, 0) is 11.2 Å².